The van der Waals surface area contributed by atoms with Crippen LogP contribution in [0.5, 0.6) is 0 Å². The van der Waals surface area contributed by atoms with Crippen molar-refractivity contribution in [2.45, 2.75) is 39.5 Å². The van der Waals surface area contributed by atoms with Crippen LogP contribution in [-0.2, 0) is 16.0 Å². The van der Waals surface area contributed by atoms with Gasteiger partial charge in [0.25, 0.3) is 0 Å². The molecule has 0 saturated carbocycles. The molecule has 1 aromatic rings. The maximum Gasteiger partial charge on any atom is 0.331 e. The molecule has 0 radical (unpaired) electrons. The lowest BCUT2D eigenvalue weighted by molar-refractivity contribution is -0.145. The lowest BCUT2D eigenvalue weighted by Gasteiger charge is -2.27. The van der Waals surface area contributed by atoms with Gasteiger partial charge in [0.15, 0.2) is 0 Å². The molecule has 23 heavy (non-hydrogen) atoms. The van der Waals surface area contributed by atoms with Crippen LogP contribution in [0, 0.1) is 5.41 Å². The molecule has 1 aromatic carbocycles. The first kappa shape index (κ1) is 17.0. The minimum atomic E-state index is -1.18. The molecule has 0 aromatic heterocycles. The Labute approximate surface area is 136 Å². The molecule has 4 heteroatoms. The molecule has 2 rings (SSSR count). The van der Waals surface area contributed by atoms with E-state index in [2.05, 4.69) is 19.9 Å². The smallest absolute Gasteiger partial charge is 0.331 e. The molecule has 1 atom stereocenters. The maximum atomic E-state index is 11.6. The summed E-state index contributed by atoms with van der Waals surface area (Å²) in [4.78, 5) is 22.9. The Bertz CT molecular complexity index is 697. The van der Waals surface area contributed by atoms with Crippen molar-refractivity contribution in [1.82, 2.24) is 0 Å². The highest BCUT2D eigenvalue weighted by Gasteiger charge is 2.36. The van der Waals surface area contributed by atoms with Gasteiger partial charge in [-0.2, -0.15) is 0 Å². The van der Waals surface area contributed by atoms with E-state index in [1.54, 1.807) is 19.1 Å². The standard InChI is InChI=1S/C19H22O4/c1-12(2)16-7-5-4-6-14(16)8-13-9-15(17(20)21)11-19(3,10-13)18(22)23/h4-7,9-10,12H,8,11H2,1-3H3,(H,20,21)(H,22,23). The molecule has 0 saturated heterocycles. The van der Waals surface area contributed by atoms with Crippen LogP contribution in [0.3, 0.4) is 0 Å². The first-order chi connectivity index (χ1) is 10.7. The number of carboxylic acid groups (broad SMARTS) is 2. The van der Waals surface area contributed by atoms with Crippen molar-refractivity contribution in [2.24, 2.45) is 5.41 Å². The van der Waals surface area contributed by atoms with Crippen LogP contribution in [-0.4, -0.2) is 22.2 Å². The van der Waals surface area contributed by atoms with Gasteiger partial charge in [0.1, 0.15) is 0 Å². The van der Waals surface area contributed by atoms with Crippen LogP contribution in [0.4, 0.5) is 0 Å². The van der Waals surface area contributed by atoms with Crippen molar-refractivity contribution >= 4 is 11.9 Å². The van der Waals surface area contributed by atoms with E-state index < -0.39 is 17.4 Å². The second-order valence-corrected chi connectivity index (χ2v) is 6.62. The fourth-order valence-corrected chi connectivity index (χ4v) is 3.03. The zero-order valence-corrected chi connectivity index (χ0v) is 13.7. The normalized spacial score (nSPS) is 20.9. The Balaban J connectivity index is 2.42. The number of carbonyl (C=O) groups is 2. The van der Waals surface area contributed by atoms with Crippen molar-refractivity contribution in [3.8, 4) is 0 Å². The topological polar surface area (TPSA) is 74.6 Å². The van der Waals surface area contributed by atoms with Gasteiger partial charge in [-0.15, -0.1) is 0 Å². The van der Waals surface area contributed by atoms with Crippen molar-refractivity contribution in [1.29, 1.82) is 0 Å². The number of allylic oxidation sites excluding steroid dienone is 2. The third-order valence-electron chi connectivity index (χ3n) is 4.26. The Morgan fingerprint density at radius 3 is 2.43 bits per heavy atom. The molecule has 1 aliphatic carbocycles. The molecule has 1 aliphatic rings. The van der Waals surface area contributed by atoms with Gasteiger partial charge in [-0.25, -0.2) is 4.79 Å². The van der Waals surface area contributed by atoms with Crippen molar-refractivity contribution < 1.29 is 19.8 Å². The van der Waals surface area contributed by atoms with Gasteiger partial charge in [-0.3, -0.25) is 4.79 Å². The summed E-state index contributed by atoms with van der Waals surface area (Å²) in [5.41, 5.74) is 2.01. The lowest BCUT2D eigenvalue weighted by atomic mass is 9.76. The number of carboxylic acids is 2. The molecular formula is C19H22O4. The molecule has 0 bridgehead atoms. The molecule has 1 unspecified atom stereocenters. The summed E-state index contributed by atoms with van der Waals surface area (Å²) >= 11 is 0. The van der Waals surface area contributed by atoms with Crippen LogP contribution in [0.1, 0.15) is 44.2 Å². The fraction of sp³-hybridized carbons (Fsp3) is 0.368. The van der Waals surface area contributed by atoms with E-state index in [-0.39, 0.29) is 12.0 Å². The van der Waals surface area contributed by atoms with Crippen molar-refractivity contribution in [2.75, 3.05) is 0 Å². The van der Waals surface area contributed by atoms with E-state index >= 15 is 0 Å². The molecule has 122 valence electrons. The molecule has 0 aliphatic heterocycles. The summed E-state index contributed by atoms with van der Waals surface area (Å²) in [6.45, 7) is 5.78. The zero-order chi connectivity index (χ0) is 17.2. The van der Waals surface area contributed by atoms with E-state index in [9.17, 15) is 19.8 Å². The second kappa shape index (κ2) is 6.41. The van der Waals surface area contributed by atoms with Gasteiger partial charge in [-0.1, -0.05) is 44.2 Å². The van der Waals surface area contributed by atoms with E-state index in [1.807, 2.05) is 18.2 Å². The van der Waals surface area contributed by atoms with Crippen molar-refractivity contribution in [3.63, 3.8) is 0 Å². The molecule has 0 heterocycles. The van der Waals surface area contributed by atoms with Gasteiger partial charge in [0.05, 0.1) is 5.41 Å². The SMILES string of the molecule is CC(C)c1ccccc1CC1=CC(C)(C(=O)O)CC(C(=O)O)=C1. The van der Waals surface area contributed by atoms with E-state index in [4.69, 9.17) is 0 Å². The summed E-state index contributed by atoms with van der Waals surface area (Å²) in [6, 6.07) is 8.00. The second-order valence-electron chi connectivity index (χ2n) is 6.62. The Morgan fingerprint density at radius 1 is 1.22 bits per heavy atom. The van der Waals surface area contributed by atoms with Crippen LogP contribution in [0.15, 0.2) is 47.6 Å². The number of hydrogen-bond acceptors (Lipinski definition) is 2. The van der Waals surface area contributed by atoms with Crippen molar-refractivity contribution in [3.05, 3.63) is 58.7 Å². The first-order valence-electron chi connectivity index (χ1n) is 7.70. The van der Waals surface area contributed by atoms with Crippen LogP contribution in [0.2, 0.25) is 0 Å². The Kier molecular flexibility index (Phi) is 4.73. The third kappa shape index (κ3) is 3.70. The first-order valence-corrected chi connectivity index (χ1v) is 7.70. The van der Waals surface area contributed by atoms with E-state index in [1.165, 1.54) is 5.56 Å². The molecular weight excluding hydrogens is 292 g/mol. The van der Waals surface area contributed by atoms with Crippen LogP contribution in [0.25, 0.3) is 0 Å². The summed E-state index contributed by atoms with van der Waals surface area (Å²) < 4.78 is 0. The van der Waals surface area contributed by atoms with Gasteiger partial charge >= 0.3 is 11.9 Å². The monoisotopic (exact) mass is 314 g/mol. The number of rotatable bonds is 5. The average molecular weight is 314 g/mol. The lowest BCUT2D eigenvalue weighted by Crippen LogP contribution is -2.30. The predicted molar refractivity (Wildman–Crippen MR) is 88.4 cm³/mol. The number of benzene rings is 1. The van der Waals surface area contributed by atoms with Crippen LogP contribution >= 0.6 is 0 Å². The van der Waals surface area contributed by atoms with Gasteiger partial charge < -0.3 is 10.2 Å². The predicted octanol–water partition coefficient (Wildman–Crippen LogP) is 3.78. The van der Waals surface area contributed by atoms with Gasteiger partial charge in [-0.05, 0) is 48.5 Å². The summed E-state index contributed by atoms with van der Waals surface area (Å²) in [5, 5.41) is 18.7. The molecule has 0 spiro atoms. The molecule has 0 amide bonds. The highest BCUT2D eigenvalue weighted by molar-refractivity contribution is 5.90. The zero-order valence-electron chi connectivity index (χ0n) is 13.7. The highest BCUT2D eigenvalue weighted by Crippen LogP contribution is 2.36. The molecule has 4 nitrogen and oxygen atoms in total. The van der Waals surface area contributed by atoms with E-state index in [0.29, 0.717) is 12.3 Å². The third-order valence-corrected chi connectivity index (χ3v) is 4.26. The number of aliphatic carboxylic acids is 2. The minimum absolute atomic E-state index is 0.00694. The van der Waals surface area contributed by atoms with Gasteiger partial charge in [0.2, 0.25) is 0 Å². The van der Waals surface area contributed by atoms with Gasteiger partial charge in [0, 0.05) is 5.57 Å². The average Bonchev–Trinajstić information content (AvgIpc) is 2.46. The Morgan fingerprint density at radius 2 is 1.87 bits per heavy atom. The molecule has 2 N–H and O–H groups in total. The maximum absolute atomic E-state index is 11.6. The minimum Gasteiger partial charge on any atom is -0.481 e. The summed E-state index contributed by atoms with van der Waals surface area (Å²) in [7, 11) is 0. The Hall–Kier alpha value is -2.36. The summed E-state index contributed by atoms with van der Waals surface area (Å²) in [5.74, 6) is -1.71. The fourth-order valence-electron chi connectivity index (χ4n) is 3.03. The van der Waals surface area contributed by atoms with E-state index in [0.717, 1.165) is 11.1 Å². The largest absolute Gasteiger partial charge is 0.481 e. The highest BCUT2D eigenvalue weighted by atomic mass is 16.4. The number of hydrogen-bond donors (Lipinski definition) is 2. The summed E-state index contributed by atoms with van der Waals surface area (Å²) in [6.07, 6.45) is 3.85. The quantitative estimate of drug-likeness (QED) is 0.867. The molecule has 0 fully saturated rings. The van der Waals surface area contributed by atoms with Crippen LogP contribution < -0.4 is 0 Å².